The van der Waals surface area contributed by atoms with E-state index in [1.807, 2.05) is 36.6 Å². The molecule has 14 heavy (non-hydrogen) atoms. The number of carbonyl (C=O) groups excluding carboxylic acids is 1. The van der Waals surface area contributed by atoms with Crippen LogP contribution in [0.2, 0.25) is 0 Å². The fraction of sp³-hybridized carbons (Fsp3) is 0.364. The Morgan fingerprint density at radius 3 is 2.71 bits per heavy atom. The first-order chi connectivity index (χ1) is 6.83. The van der Waals surface area contributed by atoms with Crippen LogP contribution in [0.3, 0.4) is 0 Å². The molecule has 0 amide bonds. The Morgan fingerprint density at radius 2 is 2.07 bits per heavy atom. The Bertz CT molecular complexity index is 272. The van der Waals surface area contributed by atoms with Crippen LogP contribution in [-0.2, 0) is 4.79 Å². The van der Waals surface area contributed by atoms with Crippen molar-refractivity contribution >= 4 is 17.5 Å². The zero-order chi connectivity index (χ0) is 10.2. The maximum Gasteiger partial charge on any atom is 0.146 e. The van der Waals surface area contributed by atoms with Crippen molar-refractivity contribution in [3.05, 3.63) is 30.3 Å². The van der Waals surface area contributed by atoms with Gasteiger partial charge in [-0.2, -0.15) is 11.8 Å². The number of thioether (sulfide) groups is 1. The number of carbonyl (C=O) groups is 1. The van der Waals surface area contributed by atoms with Gasteiger partial charge in [-0.15, -0.1) is 0 Å². The molecule has 0 bridgehead atoms. The van der Waals surface area contributed by atoms with Gasteiger partial charge in [-0.1, -0.05) is 18.2 Å². The third kappa shape index (κ3) is 4.33. The van der Waals surface area contributed by atoms with Crippen molar-refractivity contribution in [3.63, 3.8) is 0 Å². The van der Waals surface area contributed by atoms with Gasteiger partial charge in [0.25, 0.3) is 0 Å². The van der Waals surface area contributed by atoms with Crippen LogP contribution in [0.25, 0.3) is 0 Å². The molecule has 0 unspecified atom stereocenters. The summed E-state index contributed by atoms with van der Waals surface area (Å²) in [5.74, 6) is 1.65. The first kappa shape index (κ1) is 11.1. The lowest BCUT2D eigenvalue weighted by molar-refractivity contribution is -0.117. The van der Waals surface area contributed by atoms with E-state index in [0.717, 1.165) is 5.75 Å². The van der Waals surface area contributed by atoms with E-state index in [-0.39, 0.29) is 5.78 Å². The third-order valence-electron chi connectivity index (χ3n) is 1.70. The normalized spacial score (nSPS) is 9.79. The summed E-state index contributed by atoms with van der Waals surface area (Å²) in [5.41, 5.74) is 0. The molecule has 0 saturated heterocycles. The average molecular weight is 210 g/mol. The van der Waals surface area contributed by atoms with Gasteiger partial charge in [0.15, 0.2) is 0 Å². The first-order valence-corrected chi connectivity index (χ1v) is 5.91. The van der Waals surface area contributed by atoms with Crippen molar-refractivity contribution in [1.82, 2.24) is 0 Å². The highest BCUT2D eigenvalue weighted by Gasteiger charge is 2.00. The zero-order valence-electron chi connectivity index (χ0n) is 8.23. The SMILES string of the molecule is CSCC(=O)CCOc1ccccc1. The highest BCUT2D eigenvalue weighted by molar-refractivity contribution is 7.99. The summed E-state index contributed by atoms with van der Waals surface area (Å²) in [6.07, 6.45) is 2.42. The number of hydrogen-bond acceptors (Lipinski definition) is 3. The molecule has 0 radical (unpaired) electrons. The Morgan fingerprint density at radius 1 is 1.36 bits per heavy atom. The molecule has 0 atom stereocenters. The molecule has 1 aromatic carbocycles. The Balaban J connectivity index is 2.19. The molecule has 1 rings (SSSR count). The lowest BCUT2D eigenvalue weighted by Crippen LogP contribution is -2.07. The van der Waals surface area contributed by atoms with Gasteiger partial charge in [-0.25, -0.2) is 0 Å². The quantitative estimate of drug-likeness (QED) is 0.721. The van der Waals surface area contributed by atoms with Gasteiger partial charge in [0, 0.05) is 6.42 Å². The van der Waals surface area contributed by atoms with Crippen LogP contribution >= 0.6 is 11.8 Å². The lowest BCUT2D eigenvalue weighted by Gasteiger charge is -2.04. The average Bonchev–Trinajstić information content (AvgIpc) is 2.20. The van der Waals surface area contributed by atoms with E-state index in [1.165, 1.54) is 0 Å². The van der Waals surface area contributed by atoms with Gasteiger partial charge in [0.05, 0.1) is 12.4 Å². The van der Waals surface area contributed by atoms with Crippen LogP contribution in [0.4, 0.5) is 0 Å². The highest BCUT2D eigenvalue weighted by atomic mass is 32.2. The molecule has 0 fully saturated rings. The molecule has 1 aromatic rings. The molecule has 3 heteroatoms. The molecule has 0 aliphatic carbocycles. The molecule has 0 aliphatic rings. The predicted molar refractivity (Wildman–Crippen MR) is 59.9 cm³/mol. The second kappa shape index (κ2) is 6.49. The largest absolute Gasteiger partial charge is 0.493 e. The van der Waals surface area contributed by atoms with E-state index >= 15 is 0 Å². The Hall–Kier alpha value is -0.960. The Labute approximate surface area is 88.7 Å². The summed E-state index contributed by atoms with van der Waals surface area (Å²) < 4.78 is 5.39. The number of para-hydroxylation sites is 1. The van der Waals surface area contributed by atoms with Gasteiger partial charge in [0.2, 0.25) is 0 Å². The lowest BCUT2D eigenvalue weighted by atomic mass is 10.3. The van der Waals surface area contributed by atoms with Gasteiger partial charge in [-0.3, -0.25) is 4.79 Å². The van der Waals surface area contributed by atoms with Crippen LogP contribution in [0.15, 0.2) is 30.3 Å². The number of benzene rings is 1. The molecule has 0 spiro atoms. The summed E-state index contributed by atoms with van der Waals surface area (Å²) in [7, 11) is 0. The zero-order valence-corrected chi connectivity index (χ0v) is 9.05. The maximum atomic E-state index is 11.1. The monoisotopic (exact) mass is 210 g/mol. The minimum absolute atomic E-state index is 0.244. The molecule has 0 heterocycles. The maximum absolute atomic E-state index is 11.1. The summed E-state index contributed by atoms with van der Waals surface area (Å²) in [6.45, 7) is 0.476. The first-order valence-electron chi connectivity index (χ1n) is 4.51. The predicted octanol–water partition coefficient (Wildman–Crippen LogP) is 2.39. The van der Waals surface area contributed by atoms with Crippen LogP contribution in [0.1, 0.15) is 6.42 Å². The second-order valence-electron chi connectivity index (χ2n) is 2.88. The number of rotatable bonds is 6. The van der Waals surface area contributed by atoms with Crippen molar-refractivity contribution < 1.29 is 9.53 Å². The van der Waals surface area contributed by atoms with Crippen LogP contribution in [0, 0.1) is 0 Å². The number of ketones is 1. The van der Waals surface area contributed by atoms with Crippen molar-refractivity contribution in [3.8, 4) is 5.75 Å². The summed E-state index contributed by atoms with van der Waals surface area (Å²) >= 11 is 1.55. The van der Waals surface area contributed by atoms with E-state index < -0.39 is 0 Å². The van der Waals surface area contributed by atoms with E-state index in [9.17, 15) is 4.79 Å². The van der Waals surface area contributed by atoms with Crippen molar-refractivity contribution in [2.45, 2.75) is 6.42 Å². The van der Waals surface area contributed by atoms with Crippen LogP contribution < -0.4 is 4.74 Å². The number of ether oxygens (including phenoxy) is 1. The van der Waals surface area contributed by atoms with Crippen LogP contribution in [0.5, 0.6) is 5.75 Å². The van der Waals surface area contributed by atoms with E-state index in [4.69, 9.17) is 4.74 Å². The summed E-state index contributed by atoms with van der Waals surface area (Å²) in [6, 6.07) is 9.54. The van der Waals surface area contributed by atoms with E-state index in [1.54, 1.807) is 11.8 Å². The number of Topliss-reactive ketones (excluding diaryl/α,β-unsaturated/α-hetero) is 1. The van der Waals surface area contributed by atoms with Gasteiger partial charge < -0.3 is 4.74 Å². The standard InChI is InChI=1S/C11H14O2S/c1-14-9-10(12)7-8-13-11-5-3-2-4-6-11/h2-6H,7-9H2,1H3. The molecular weight excluding hydrogens is 196 g/mol. The second-order valence-corrected chi connectivity index (χ2v) is 3.75. The highest BCUT2D eigenvalue weighted by Crippen LogP contribution is 2.08. The minimum Gasteiger partial charge on any atom is -0.493 e. The molecule has 0 saturated carbocycles. The van der Waals surface area contributed by atoms with Crippen molar-refractivity contribution in [1.29, 1.82) is 0 Å². The molecular formula is C11H14O2S. The molecule has 0 N–H and O–H groups in total. The molecule has 2 nitrogen and oxygen atoms in total. The Kier molecular flexibility index (Phi) is 5.15. The van der Waals surface area contributed by atoms with Gasteiger partial charge in [-0.05, 0) is 18.4 Å². The summed E-state index contributed by atoms with van der Waals surface area (Å²) in [5, 5.41) is 0. The van der Waals surface area contributed by atoms with E-state index in [2.05, 4.69) is 0 Å². The van der Waals surface area contributed by atoms with Gasteiger partial charge in [0.1, 0.15) is 11.5 Å². The van der Waals surface area contributed by atoms with Crippen LogP contribution in [-0.4, -0.2) is 24.4 Å². The molecule has 0 aliphatic heterocycles. The fourth-order valence-electron chi connectivity index (χ4n) is 1.03. The molecule has 0 aromatic heterocycles. The topological polar surface area (TPSA) is 26.3 Å². The van der Waals surface area contributed by atoms with Gasteiger partial charge >= 0.3 is 0 Å². The van der Waals surface area contributed by atoms with Crippen molar-refractivity contribution in [2.24, 2.45) is 0 Å². The third-order valence-corrected chi connectivity index (χ3v) is 2.31. The van der Waals surface area contributed by atoms with E-state index in [0.29, 0.717) is 18.8 Å². The molecule has 76 valence electrons. The summed E-state index contributed by atoms with van der Waals surface area (Å²) in [4.78, 5) is 11.1. The van der Waals surface area contributed by atoms with Crippen molar-refractivity contribution in [2.75, 3.05) is 18.6 Å². The smallest absolute Gasteiger partial charge is 0.146 e. The number of hydrogen-bond donors (Lipinski definition) is 0. The minimum atomic E-state index is 0.244. The fourth-order valence-corrected chi connectivity index (χ4v) is 1.50.